The topological polar surface area (TPSA) is 106 Å². The van der Waals surface area contributed by atoms with Crippen molar-refractivity contribution in [2.45, 2.75) is 10.1 Å². The fourth-order valence-corrected chi connectivity index (χ4v) is 4.97. The maximum atomic E-state index is 13.9. The van der Waals surface area contributed by atoms with Crippen LogP contribution >= 0.6 is 11.8 Å². The van der Waals surface area contributed by atoms with Crippen molar-refractivity contribution in [3.8, 4) is 5.69 Å². The van der Waals surface area contributed by atoms with Gasteiger partial charge in [-0.15, -0.1) is 10.2 Å². The largest absolute Gasteiger partial charge is 0.378 e. The number of nitrogens with one attached hydrogen (secondary N) is 1. The summed E-state index contributed by atoms with van der Waals surface area (Å²) in [6, 6.07) is 12.3. The second kappa shape index (κ2) is 9.89. The molecule has 9 nitrogen and oxygen atoms in total. The van der Waals surface area contributed by atoms with Gasteiger partial charge >= 0.3 is 0 Å². The van der Waals surface area contributed by atoms with Crippen LogP contribution in [0, 0.1) is 5.82 Å². The highest BCUT2D eigenvalue weighted by Gasteiger charge is 2.23. The zero-order valence-corrected chi connectivity index (χ0v) is 19.4. The molecule has 1 aromatic heterocycles. The van der Waals surface area contributed by atoms with Gasteiger partial charge in [-0.2, -0.15) is 0 Å². The summed E-state index contributed by atoms with van der Waals surface area (Å²) >= 11 is 1.12. The molecular formula is C21H22FN5O4S2. The number of sulfone groups is 1. The van der Waals surface area contributed by atoms with Crippen molar-refractivity contribution >= 4 is 39.1 Å². The van der Waals surface area contributed by atoms with Gasteiger partial charge in [0, 0.05) is 19.3 Å². The summed E-state index contributed by atoms with van der Waals surface area (Å²) in [5, 5.41) is 11.6. The minimum absolute atomic E-state index is 0.0425. The normalized spacial score (nSPS) is 14.3. The zero-order chi connectivity index (χ0) is 23.4. The molecule has 1 N–H and O–H groups in total. The molecule has 4 rings (SSSR count). The van der Waals surface area contributed by atoms with Gasteiger partial charge in [0.2, 0.25) is 11.9 Å². The number of ether oxygens (including phenoxy) is 1. The molecule has 0 aliphatic carbocycles. The Hall–Kier alpha value is -2.96. The molecule has 0 spiro atoms. The Morgan fingerprint density at radius 1 is 1.15 bits per heavy atom. The van der Waals surface area contributed by atoms with E-state index in [4.69, 9.17) is 4.74 Å². The lowest BCUT2D eigenvalue weighted by Gasteiger charge is -2.27. The van der Waals surface area contributed by atoms with Crippen LogP contribution in [-0.2, 0) is 19.4 Å². The maximum absolute atomic E-state index is 13.9. The van der Waals surface area contributed by atoms with E-state index in [2.05, 4.69) is 15.5 Å². The van der Waals surface area contributed by atoms with Gasteiger partial charge in [-0.05, 0) is 30.3 Å². The van der Waals surface area contributed by atoms with Gasteiger partial charge in [-0.3, -0.25) is 9.36 Å². The minimum atomic E-state index is -3.50. The Kier molecular flexibility index (Phi) is 6.96. The van der Waals surface area contributed by atoms with Crippen LogP contribution in [-0.4, -0.2) is 67.4 Å². The van der Waals surface area contributed by atoms with Crippen LogP contribution in [0.3, 0.4) is 0 Å². The van der Waals surface area contributed by atoms with Crippen molar-refractivity contribution in [2.75, 3.05) is 48.5 Å². The summed E-state index contributed by atoms with van der Waals surface area (Å²) in [5.41, 5.74) is 0.748. The maximum Gasteiger partial charge on any atom is 0.234 e. The smallest absolute Gasteiger partial charge is 0.234 e. The molecule has 0 saturated carbocycles. The van der Waals surface area contributed by atoms with Crippen molar-refractivity contribution in [1.29, 1.82) is 0 Å². The number of rotatable bonds is 7. The molecule has 1 aliphatic rings. The Bertz CT molecular complexity index is 1260. The number of halogens is 1. The summed E-state index contributed by atoms with van der Waals surface area (Å²) < 4.78 is 45.0. The van der Waals surface area contributed by atoms with E-state index in [1.807, 2.05) is 4.90 Å². The number of hydrogen-bond acceptors (Lipinski definition) is 8. The third-order valence-electron chi connectivity index (χ3n) is 4.87. The molecule has 3 aromatic rings. The summed E-state index contributed by atoms with van der Waals surface area (Å²) in [6.07, 6.45) is 1.08. The van der Waals surface area contributed by atoms with Crippen LogP contribution in [0.5, 0.6) is 0 Å². The number of carbonyl (C=O) groups is 1. The number of benzene rings is 2. The Balaban J connectivity index is 1.56. The number of aromatic nitrogens is 3. The van der Waals surface area contributed by atoms with Crippen molar-refractivity contribution in [3.05, 3.63) is 54.3 Å². The van der Waals surface area contributed by atoms with Gasteiger partial charge in [0.05, 0.1) is 35.2 Å². The first-order chi connectivity index (χ1) is 15.8. The minimum Gasteiger partial charge on any atom is -0.378 e. The number of carbonyl (C=O) groups excluding carboxylic acids is 1. The average molecular weight is 492 g/mol. The number of morpholine rings is 1. The van der Waals surface area contributed by atoms with Gasteiger partial charge in [-0.1, -0.05) is 30.0 Å². The van der Waals surface area contributed by atoms with Crippen LogP contribution in [0.1, 0.15) is 0 Å². The Labute approximate surface area is 194 Å². The lowest BCUT2D eigenvalue weighted by Crippen LogP contribution is -2.37. The molecule has 1 aliphatic heterocycles. The van der Waals surface area contributed by atoms with Crippen LogP contribution in [0.2, 0.25) is 0 Å². The molecule has 0 bridgehead atoms. The monoisotopic (exact) mass is 491 g/mol. The predicted octanol–water partition coefficient (Wildman–Crippen LogP) is 2.38. The molecule has 2 heterocycles. The second-order valence-corrected chi connectivity index (χ2v) is 10.2. The van der Waals surface area contributed by atoms with Crippen LogP contribution in [0.15, 0.2) is 58.6 Å². The van der Waals surface area contributed by atoms with Crippen molar-refractivity contribution in [1.82, 2.24) is 14.8 Å². The average Bonchev–Trinajstić information content (AvgIpc) is 3.22. The standard InChI is InChI=1S/C21H22FN5O4S2/c1-33(29,30)18-8-3-2-7-17(18)23-19(28)14-32-21-25-24-20(26-9-11-31-12-10-26)27(21)16-6-4-5-15(22)13-16/h2-8,13H,9-12,14H2,1H3,(H,23,28). The number of nitrogens with zero attached hydrogens (tertiary/aromatic N) is 4. The summed E-state index contributed by atoms with van der Waals surface area (Å²) in [7, 11) is -3.50. The lowest BCUT2D eigenvalue weighted by atomic mass is 10.3. The molecule has 1 saturated heterocycles. The molecular weight excluding hydrogens is 469 g/mol. The Morgan fingerprint density at radius 2 is 1.91 bits per heavy atom. The third kappa shape index (κ3) is 5.52. The van der Waals surface area contributed by atoms with E-state index in [0.717, 1.165) is 18.0 Å². The highest BCUT2D eigenvalue weighted by atomic mass is 32.2. The molecule has 1 fully saturated rings. The number of hydrogen-bond donors (Lipinski definition) is 1. The molecule has 0 radical (unpaired) electrons. The fourth-order valence-electron chi connectivity index (χ4n) is 3.37. The van der Waals surface area contributed by atoms with Crippen LogP contribution in [0.25, 0.3) is 5.69 Å². The number of amides is 1. The van der Waals surface area contributed by atoms with Crippen molar-refractivity contribution in [2.24, 2.45) is 0 Å². The first-order valence-corrected chi connectivity index (χ1v) is 13.0. The van der Waals surface area contributed by atoms with Gasteiger partial charge in [0.1, 0.15) is 5.82 Å². The van der Waals surface area contributed by atoms with Crippen LogP contribution in [0.4, 0.5) is 16.0 Å². The van der Waals surface area contributed by atoms with E-state index >= 15 is 0 Å². The molecule has 2 aromatic carbocycles. The predicted molar refractivity (Wildman–Crippen MR) is 123 cm³/mol. The molecule has 0 atom stereocenters. The molecule has 0 unspecified atom stereocenters. The van der Waals surface area contributed by atoms with E-state index < -0.39 is 21.6 Å². The quantitative estimate of drug-likeness (QED) is 0.502. The number of anilines is 2. The molecule has 1 amide bonds. The molecule has 33 heavy (non-hydrogen) atoms. The number of thioether (sulfide) groups is 1. The summed E-state index contributed by atoms with van der Waals surface area (Å²) in [5.74, 6) is -0.318. The van der Waals surface area contributed by atoms with E-state index in [9.17, 15) is 17.6 Å². The lowest BCUT2D eigenvalue weighted by molar-refractivity contribution is -0.113. The van der Waals surface area contributed by atoms with Gasteiger partial charge in [0.15, 0.2) is 15.0 Å². The highest BCUT2D eigenvalue weighted by molar-refractivity contribution is 7.99. The fraction of sp³-hybridized carbons (Fsp3) is 0.286. The third-order valence-corrected chi connectivity index (χ3v) is 6.95. The van der Waals surface area contributed by atoms with Gasteiger partial charge in [-0.25, -0.2) is 12.8 Å². The first kappa shape index (κ1) is 23.2. The number of para-hydroxylation sites is 1. The SMILES string of the molecule is CS(=O)(=O)c1ccccc1NC(=O)CSc1nnc(N2CCOCC2)n1-c1cccc(F)c1. The van der Waals surface area contributed by atoms with E-state index in [1.165, 1.54) is 24.3 Å². The zero-order valence-electron chi connectivity index (χ0n) is 17.8. The molecule has 174 valence electrons. The molecule has 12 heteroatoms. The highest BCUT2D eigenvalue weighted by Crippen LogP contribution is 2.28. The Morgan fingerprint density at radius 3 is 2.64 bits per heavy atom. The summed E-state index contributed by atoms with van der Waals surface area (Å²) in [4.78, 5) is 14.6. The van der Waals surface area contributed by atoms with E-state index in [0.29, 0.717) is 43.1 Å². The first-order valence-electron chi connectivity index (χ1n) is 10.1. The van der Waals surface area contributed by atoms with Gasteiger partial charge in [0.25, 0.3) is 0 Å². The van der Waals surface area contributed by atoms with Crippen molar-refractivity contribution < 1.29 is 22.3 Å². The van der Waals surface area contributed by atoms with Crippen LogP contribution < -0.4 is 10.2 Å². The van der Waals surface area contributed by atoms with Gasteiger partial charge < -0.3 is 15.0 Å². The van der Waals surface area contributed by atoms with E-state index in [1.54, 1.807) is 28.8 Å². The second-order valence-electron chi connectivity index (χ2n) is 7.30. The van der Waals surface area contributed by atoms with E-state index in [-0.39, 0.29) is 16.3 Å². The van der Waals surface area contributed by atoms with Crippen molar-refractivity contribution in [3.63, 3.8) is 0 Å². The summed E-state index contributed by atoms with van der Waals surface area (Å²) in [6.45, 7) is 2.31.